The zero-order valence-electron chi connectivity index (χ0n) is 17.8. The Morgan fingerprint density at radius 2 is 1.87 bits per heavy atom. The van der Waals surface area contributed by atoms with Crippen LogP contribution in [-0.2, 0) is 22.6 Å². The Bertz CT molecular complexity index is 1070. The van der Waals surface area contributed by atoms with Crippen LogP contribution in [0.3, 0.4) is 0 Å². The summed E-state index contributed by atoms with van der Waals surface area (Å²) in [7, 11) is 0. The number of rotatable bonds is 6. The molecule has 6 nitrogen and oxygen atoms in total. The van der Waals surface area contributed by atoms with Gasteiger partial charge in [0.05, 0.1) is 23.7 Å². The molecule has 2 aromatic carbocycles. The number of hydrogen-bond donors (Lipinski definition) is 2. The molecule has 0 radical (unpaired) electrons. The molecule has 2 amide bonds. The van der Waals surface area contributed by atoms with Gasteiger partial charge in [0.1, 0.15) is 0 Å². The van der Waals surface area contributed by atoms with Crippen molar-refractivity contribution < 1.29 is 9.59 Å². The van der Waals surface area contributed by atoms with Crippen LogP contribution in [0.1, 0.15) is 21.0 Å². The molecular formula is C24H26N4O2S. The lowest BCUT2D eigenvalue weighted by molar-refractivity contribution is -0.121. The van der Waals surface area contributed by atoms with Crippen molar-refractivity contribution in [2.75, 3.05) is 24.5 Å². The molecule has 0 bridgehead atoms. The van der Waals surface area contributed by atoms with Crippen molar-refractivity contribution >= 4 is 28.8 Å². The largest absolute Gasteiger partial charge is 0.360 e. The number of thiazole rings is 1. The molecule has 7 heteroatoms. The first-order valence-electron chi connectivity index (χ1n) is 10.4. The zero-order chi connectivity index (χ0) is 21.8. The van der Waals surface area contributed by atoms with Crippen LogP contribution in [-0.4, -0.2) is 36.4 Å². The highest BCUT2D eigenvalue weighted by molar-refractivity contribution is 7.12. The van der Waals surface area contributed by atoms with Crippen LogP contribution in [0.2, 0.25) is 0 Å². The van der Waals surface area contributed by atoms with Crippen molar-refractivity contribution in [3.63, 3.8) is 0 Å². The molecule has 2 heterocycles. The predicted octanol–water partition coefficient (Wildman–Crippen LogP) is 3.22. The first-order valence-corrected chi connectivity index (χ1v) is 11.2. The van der Waals surface area contributed by atoms with E-state index in [2.05, 4.69) is 51.7 Å². The zero-order valence-corrected chi connectivity index (χ0v) is 18.6. The van der Waals surface area contributed by atoms with Crippen LogP contribution < -0.4 is 15.5 Å². The number of carbonyl (C=O) groups is 2. The van der Waals surface area contributed by atoms with Gasteiger partial charge in [-0.05, 0) is 31.5 Å². The van der Waals surface area contributed by atoms with Crippen molar-refractivity contribution in [3.05, 3.63) is 69.5 Å². The summed E-state index contributed by atoms with van der Waals surface area (Å²) in [6, 6.07) is 16.2. The molecule has 0 aliphatic carbocycles. The Morgan fingerprint density at radius 1 is 1.13 bits per heavy atom. The van der Waals surface area contributed by atoms with Crippen LogP contribution >= 0.6 is 11.3 Å². The molecule has 2 N–H and O–H groups in total. The maximum Gasteiger partial charge on any atom is 0.239 e. The lowest BCUT2D eigenvalue weighted by Crippen LogP contribution is -2.47. The number of amides is 2. The number of carbonyl (C=O) groups excluding carboxylic acids is 2. The minimum atomic E-state index is -0.0196. The average Bonchev–Trinajstić information content (AvgIpc) is 3.13. The summed E-state index contributed by atoms with van der Waals surface area (Å²) >= 11 is 1.57. The number of piperazine rings is 1. The molecule has 1 aromatic heterocycles. The van der Waals surface area contributed by atoms with E-state index in [9.17, 15) is 9.59 Å². The second-order valence-electron chi connectivity index (χ2n) is 7.76. The number of aryl methyl sites for hydroxylation is 2. The summed E-state index contributed by atoms with van der Waals surface area (Å²) in [6.45, 7) is 6.35. The van der Waals surface area contributed by atoms with E-state index in [4.69, 9.17) is 0 Å². The fourth-order valence-corrected chi connectivity index (χ4v) is 4.58. The number of aromatic nitrogens is 1. The molecule has 31 heavy (non-hydrogen) atoms. The van der Waals surface area contributed by atoms with Crippen LogP contribution in [0, 0.1) is 13.8 Å². The van der Waals surface area contributed by atoms with Gasteiger partial charge < -0.3 is 15.5 Å². The van der Waals surface area contributed by atoms with E-state index < -0.39 is 0 Å². The van der Waals surface area contributed by atoms with E-state index in [0.29, 0.717) is 26.1 Å². The van der Waals surface area contributed by atoms with Crippen molar-refractivity contribution in [2.24, 2.45) is 0 Å². The lowest BCUT2D eigenvalue weighted by atomic mass is 10.1. The standard InChI is InChI=1S/C24H26N4O2S/c1-16-3-7-19(8-4-16)24-21(31-17(2)27-24)13-22(29)26-14-18-5-9-20(10-6-18)28-12-11-25-23(30)15-28/h3-10H,11-15H2,1-2H3,(H,25,30)(H,26,29). The van der Waals surface area contributed by atoms with E-state index in [-0.39, 0.29) is 11.8 Å². The molecule has 0 unspecified atom stereocenters. The van der Waals surface area contributed by atoms with E-state index in [1.807, 2.05) is 31.2 Å². The van der Waals surface area contributed by atoms with Crippen LogP contribution in [0.15, 0.2) is 48.5 Å². The second-order valence-corrected chi connectivity index (χ2v) is 9.05. The highest BCUT2D eigenvalue weighted by Gasteiger charge is 2.17. The Hall–Kier alpha value is -3.19. The van der Waals surface area contributed by atoms with Crippen molar-refractivity contribution in [3.8, 4) is 11.3 Å². The van der Waals surface area contributed by atoms with Gasteiger partial charge in [0.2, 0.25) is 11.8 Å². The number of nitrogens with one attached hydrogen (secondary N) is 2. The minimum absolute atomic E-state index is 0.0196. The Labute approximate surface area is 186 Å². The summed E-state index contributed by atoms with van der Waals surface area (Å²) in [5.41, 5.74) is 5.18. The Morgan fingerprint density at radius 3 is 2.58 bits per heavy atom. The summed E-state index contributed by atoms with van der Waals surface area (Å²) < 4.78 is 0. The topological polar surface area (TPSA) is 74.3 Å². The summed E-state index contributed by atoms with van der Waals surface area (Å²) in [5.74, 6) is 0.0275. The van der Waals surface area contributed by atoms with Crippen molar-refractivity contribution in [2.45, 2.75) is 26.8 Å². The number of hydrogen-bond acceptors (Lipinski definition) is 5. The molecule has 0 spiro atoms. The van der Waals surface area contributed by atoms with E-state index in [0.717, 1.165) is 38.9 Å². The third-order valence-electron chi connectivity index (χ3n) is 5.28. The summed E-state index contributed by atoms with van der Waals surface area (Å²) in [4.78, 5) is 31.9. The summed E-state index contributed by atoms with van der Waals surface area (Å²) in [6.07, 6.45) is 0.315. The highest BCUT2D eigenvalue weighted by Crippen LogP contribution is 2.28. The smallest absolute Gasteiger partial charge is 0.239 e. The first-order chi connectivity index (χ1) is 15.0. The molecule has 160 valence electrons. The van der Waals surface area contributed by atoms with Crippen LogP contribution in [0.4, 0.5) is 5.69 Å². The highest BCUT2D eigenvalue weighted by atomic mass is 32.1. The monoisotopic (exact) mass is 434 g/mol. The third kappa shape index (κ3) is 5.30. The summed E-state index contributed by atoms with van der Waals surface area (Å²) in [5, 5.41) is 6.80. The van der Waals surface area contributed by atoms with Gasteiger partial charge in [-0.2, -0.15) is 0 Å². The molecule has 1 aliphatic heterocycles. The normalized spacial score (nSPS) is 13.7. The molecule has 1 saturated heterocycles. The molecule has 0 saturated carbocycles. The number of anilines is 1. The van der Waals surface area contributed by atoms with Crippen LogP contribution in [0.5, 0.6) is 0 Å². The maximum atomic E-state index is 12.6. The fourth-order valence-electron chi connectivity index (χ4n) is 3.62. The SMILES string of the molecule is Cc1ccc(-c2nc(C)sc2CC(=O)NCc2ccc(N3CCNC(=O)C3)cc2)cc1. The molecular weight excluding hydrogens is 408 g/mol. The van der Waals surface area contributed by atoms with E-state index >= 15 is 0 Å². The van der Waals surface area contributed by atoms with Crippen molar-refractivity contribution in [1.82, 2.24) is 15.6 Å². The predicted molar refractivity (Wildman–Crippen MR) is 124 cm³/mol. The Balaban J connectivity index is 1.36. The third-order valence-corrected chi connectivity index (χ3v) is 6.25. The average molecular weight is 435 g/mol. The van der Waals surface area contributed by atoms with Gasteiger partial charge in [0.15, 0.2) is 0 Å². The van der Waals surface area contributed by atoms with E-state index in [1.165, 1.54) is 5.56 Å². The molecule has 0 atom stereocenters. The van der Waals surface area contributed by atoms with Gasteiger partial charge in [0, 0.05) is 35.8 Å². The van der Waals surface area contributed by atoms with Gasteiger partial charge in [-0.1, -0.05) is 42.0 Å². The molecule has 4 rings (SSSR count). The molecule has 3 aromatic rings. The van der Waals surface area contributed by atoms with Gasteiger partial charge in [-0.25, -0.2) is 4.98 Å². The maximum absolute atomic E-state index is 12.6. The lowest BCUT2D eigenvalue weighted by Gasteiger charge is -2.28. The second kappa shape index (κ2) is 9.31. The quantitative estimate of drug-likeness (QED) is 0.625. The van der Waals surface area contributed by atoms with Crippen LogP contribution in [0.25, 0.3) is 11.3 Å². The minimum Gasteiger partial charge on any atom is -0.360 e. The van der Waals surface area contributed by atoms with Gasteiger partial charge >= 0.3 is 0 Å². The van der Waals surface area contributed by atoms with E-state index in [1.54, 1.807) is 11.3 Å². The van der Waals surface area contributed by atoms with Gasteiger partial charge in [-0.15, -0.1) is 11.3 Å². The fraction of sp³-hybridized carbons (Fsp3) is 0.292. The first kappa shape index (κ1) is 21.1. The van der Waals surface area contributed by atoms with Gasteiger partial charge in [-0.3, -0.25) is 9.59 Å². The number of benzene rings is 2. The van der Waals surface area contributed by atoms with Crippen molar-refractivity contribution in [1.29, 1.82) is 0 Å². The number of nitrogens with zero attached hydrogens (tertiary/aromatic N) is 2. The Kier molecular flexibility index (Phi) is 6.32. The van der Waals surface area contributed by atoms with Gasteiger partial charge in [0.25, 0.3) is 0 Å². The molecule has 1 fully saturated rings. The molecule has 1 aliphatic rings.